The summed E-state index contributed by atoms with van der Waals surface area (Å²) in [6.45, 7) is 4.04. The third-order valence-electron chi connectivity index (χ3n) is 5.31. The average molecular weight is 439 g/mol. The van der Waals surface area contributed by atoms with Gasteiger partial charge in [0.2, 0.25) is 0 Å². The maximum Gasteiger partial charge on any atom is 0.130 e. The smallest absolute Gasteiger partial charge is 0.130 e. The molecule has 0 unspecified atom stereocenters. The fourth-order valence-corrected chi connectivity index (χ4v) is 4.43. The summed E-state index contributed by atoms with van der Waals surface area (Å²) in [6, 6.07) is 18.6. The first-order valence-corrected chi connectivity index (χ1v) is 11.2. The molecule has 32 heavy (non-hydrogen) atoms. The highest BCUT2D eigenvalue weighted by Crippen LogP contribution is 2.29. The quantitative estimate of drug-likeness (QED) is 0.356. The highest BCUT2D eigenvalue weighted by molar-refractivity contribution is 7.16. The lowest BCUT2D eigenvalue weighted by molar-refractivity contribution is 0.868. The van der Waals surface area contributed by atoms with Crippen LogP contribution in [0.2, 0.25) is 0 Å². The lowest BCUT2D eigenvalue weighted by atomic mass is 10.0. The highest BCUT2D eigenvalue weighted by atomic mass is 32.1. The monoisotopic (exact) mass is 438 g/mol. The van der Waals surface area contributed by atoms with E-state index in [4.69, 9.17) is 5.73 Å². The van der Waals surface area contributed by atoms with Gasteiger partial charge in [0.15, 0.2) is 0 Å². The van der Waals surface area contributed by atoms with Gasteiger partial charge in [-0.1, -0.05) is 24.3 Å². The maximum atomic E-state index is 5.90. The van der Waals surface area contributed by atoms with E-state index >= 15 is 0 Å². The number of anilines is 2. The minimum absolute atomic E-state index is 0.0510. The van der Waals surface area contributed by atoms with Crippen molar-refractivity contribution in [1.82, 2.24) is 19.9 Å². The number of thiazole rings is 1. The van der Waals surface area contributed by atoms with E-state index in [1.807, 2.05) is 42.9 Å². The average Bonchev–Trinajstić information content (AvgIpc) is 3.27. The summed E-state index contributed by atoms with van der Waals surface area (Å²) in [7, 11) is 0. The Morgan fingerprint density at radius 1 is 0.938 bits per heavy atom. The predicted molar refractivity (Wildman–Crippen MR) is 132 cm³/mol. The van der Waals surface area contributed by atoms with Crippen molar-refractivity contribution < 1.29 is 0 Å². The van der Waals surface area contributed by atoms with E-state index in [0.717, 1.165) is 49.8 Å². The summed E-state index contributed by atoms with van der Waals surface area (Å²) >= 11 is 1.63. The first kappa shape index (κ1) is 20.1. The van der Waals surface area contributed by atoms with Crippen molar-refractivity contribution in [2.45, 2.75) is 19.9 Å². The number of rotatable bonds is 5. The Kier molecular flexibility index (Phi) is 5.25. The summed E-state index contributed by atoms with van der Waals surface area (Å²) in [4.78, 5) is 17.8. The Morgan fingerprint density at radius 3 is 2.72 bits per heavy atom. The Labute approximate surface area is 190 Å². The summed E-state index contributed by atoms with van der Waals surface area (Å²) in [5.41, 5.74) is 14.6. The van der Waals surface area contributed by atoms with Gasteiger partial charge in [0, 0.05) is 35.6 Å². The molecule has 0 fully saturated rings. The lowest BCUT2D eigenvalue weighted by Crippen LogP contribution is -2.09. The molecule has 0 aliphatic carbocycles. The Balaban J connectivity index is 1.42. The molecule has 158 valence electrons. The minimum atomic E-state index is 0.0510. The van der Waals surface area contributed by atoms with Crippen LogP contribution in [-0.2, 0) is 0 Å². The van der Waals surface area contributed by atoms with Gasteiger partial charge in [0.25, 0.3) is 0 Å². The molecule has 0 bridgehead atoms. The van der Waals surface area contributed by atoms with Gasteiger partial charge in [-0.05, 0) is 49.2 Å². The van der Waals surface area contributed by atoms with Gasteiger partial charge < -0.3 is 11.1 Å². The molecule has 2 aromatic carbocycles. The molecule has 3 aromatic heterocycles. The van der Waals surface area contributed by atoms with E-state index in [-0.39, 0.29) is 6.04 Å². The molecule has 7 heteroatoms. The standard InChI is InChI=1S/C25H22N6S/c1-15(17-4-3-5-18(8-17)20-9-21(26)13-27-12-20)29-25-11-23(30-16(2)31-25)19-6-7-22-24(10-19)32-14-28-22/h3-15H,26H2,1-2H3,(H,29,30,31)/t15-/m0/s1. The molecule has 0 spiro atoms. The molecular weight excluding hydrogens is 416 g/mol. The second kappa shape index (κ2) is 8.36. The highest BCUT2D eigenvalue weighted by Gasteiger charge is 2.11. The molecule has 0 saturated heterocycles. The number of fused-ring (bicyclic) bond motifs is 1. The first-order valence-electron chi connectivity index (χ1n) is 10.3. The molecule has 3 N–H and O–H groups in total. The van der Waals surface area contributed by atoms with E-state index < -0.39 is 0 Å². The second-order valence-corrected chi connectivity index (χ2v) is 8.61. The first-order chi connectivity index (χ1) is 15.5. The molecule has 6 nitrogen and oxygen atoms in total. The number of nitrogen functional groups attached to an aromatic ring is 1. The molecule has 0 saturated carbocycles. The summed E-state index contributed by atoms with van der Waals surface area (Å²) < 4.78 is 1.15. The number of nitrogens with two attached hydrogens (primary N) is 1. The molecule has 5 rings (SSSR count). The van der Waals surface area contributed by atoms with E-state index in [1.54, 1.807) is 17.5 Å². The zero-order valence-electron chi connectivity index (χ0n) is 17.8. The molecule has 0 aliphatic heterocycles. The molecule has 5 aromatic rings. The van der Waals surface area contributed by atoms with Crippen molar-refractivity contribution >= 4 is 33.1 Å². The number of nitrogens with zero attached hydrogens (tertiary/aromatic N) is 4. The van der Waals surface area contributed by atoms with Gasteiger partial charge in [-0.2, -0.15) is 0 Å². The van der Waals surface area contributed by atoms with Crippen LogP contribution in [-0.4, -0.2) is 19.9 Å². The number of benzene rings is 2. The molecular formula is C25H22N6S. The summed E-state index contributed by atoms with van der Waals surface area (Å²) in [5.74, 6) is 1.52. The number of nitrogens with one attached hydrogen (secondary N) is 1. The van der Waals surface area contributed by atoms with Crippen LogP contribution in [0.4, 0.5) is 11.5 Å². The molecule has 0 aliphatic rings. The van der Waals surface area contributed by atoms with Gasteiger partial charge in [0.1, 0.15) is 11.6 Å². The van der Waals surface area contributed by atoms with Crippen LogP contribution in [0.15, 0.2) is 72.5 Å². The van der Waals surface area contributed by atoms with Crippen LogP contribution in [0, 0.1) is 6.92 Å². The van der Waals surface area contributed by atoms with Crippen LogP contribution in [0.5, 0.6) is 0 Å². The Morgan fingerprint density at radius 2 is 1.84 bits per heavy atom. The summed E-state index contributed by atoms with van der Waals surface area (Å²) in [5, 5.41) is 3.53. The van der Waals surface area contributed by atoms with E-state index in [0.29, 0.717) is 5.69 Å². The van der Waals surface area contributed by atoms with Crippen molar-refractivity contribution in [2.24, 2.45) is 0 Å². The third-order valence-corrected chi connectivity index (χ3v) is 6.10. The van der Waals surface area contributed by atoms with Crippen LogP contribution in [0.25, 0.3) is 32.6 Å². The minimum Gasteiger partial charge on any atom is -0.397 e. The van der Waals surface area contributed by atoms with Crippen LogP contribution >= 0.6 is 11.3 Å². The number of pyridine rings is 1. The maximum absolute atomic E-state index is 5.90. The van der Waals surface area contributed by atoms with E-state index in [1.165, 1.54) is 0 Å². The van der Waals surface area contributed by atoms with E-state index in [9.17, 15) is 0 Å². The number of hydrogen-bond donors (Lipinski definition) is 2. The fraction of sp³-hybridized carbons (Fsp3) is 0.120. The molecule has 0 amide bonds. The zero-order valence-corrected chi connectivity index (χ0v) is 18.6. The molecule has 1 atom stereocenters. The van der Waals surface area contributed by atoms with Crippen molar-refractivity contribution in [1.29, 1.82) is 0 Å². The van der Waals surface area contributed by atoms with Gasteiger partial charge >= 0.3 is 0 Å². The largest absolute Gasteiger partial charge is 0.397 e. The van der Waals surface area contributed by atoms with Crippen molar-refractivity contribution in [3.8, 4) is 22.4 Å². The Bertz CT molecular complexity index is 1410. The predicted octanol–water partition coefficient (Wildman–Crippen LogP) is 5.88. The van der Waals surface area contributed by atoms with E-state index in [2.05, 4.69) is 62.5 Å². The van der Waals surface area contributed by atoms with Crippen LogP contribution < -0.4 is 11.1 Å². The fourth-order valence-electron chi connectivity index (χ4n) is 3.71. The third kappa shape index (κ3) is 4.15. The lowest BCUT2D eigenvalue weighted by Gasteiger charge is -2.17. The summed E-state index contributed by atoms with van der Waals surface area (Å²) in [6.07, 6.45) is 3.48. The van der Waals surface area contributed by atoms with Crippen LogP contribution in [0.3, 0.4) is 0 Å². The van der Waals surface area contributed by atoms with Gasteiger partial charge in [-0.15, -0.1) is 11.3 Å². The Hall–Kier alpha value is -3.84. The van der Waals surface area contributed by atoms with Gasteiger partial charge in [0.05, 0.1) is 27.1 Å². The molecule has 3 heterocycles. The SMILES string of the molecule is Cc1nc(N[C@@H](C)c2cccc(-c3cncc(N)c3)c2)cc(-c2ccc3ncsc3c2)n1. The normalized spacial score (nSPS) is 12.1. The van der Waals surface area contributed by atoms with Crippen molar-refractivity contribution in [2.75, 3.05) is 11.1 Å². The zero-order chi connectivity index (χ0) is 22.1. The number of aryl methyl sites for hydroxylation is 1. The van der Waals surface area contributed by atoms with Crippen molar-refractivity contribution in [3.63, 3.8) is 0 Å². The second-order valence-electron chi connectivity index (χ2n) is 7.72. The molecule has 0 radical (unpaired) electrons. The van der Waals surface area contributed by atoms with Crippen LogP contribution in [0.1, 0.15) is 24.4 Å². The van der Waals surface area contributed by atoms with Gasteiger partial charge in [-0.3, -0.25) is 4.98 Å². The number of hydrogen-bond acceptors (Lipinski definition) is 7. The topological polar surface area (TPSA) is 89.6 Å². The number of aromatic nitrogens is 4. The van der Waals surface area contributed by atoms with Gasteiger partial charge in [-0.25, -0.2) is 15.0 Å². The van der Waals surface area contributed by atoms with Crippen molar-refractivity contribution in [3.05, 3.63) is 83.9 Å².